The Morgan fingerprint density at radius 2 is 1.82 bits per heavy atom. The molecule has 0 saturated heterocycles. The van der Waals surface area contributed by atoms with Crippen molar-refractivity contribution in [2.75, 3.05) is 5.32 Å². The first-order valence-electron chi connectivity index (χ1n) is 9.40. The number of hydrogen-bond acceptors (Lipinski definition) is 3. The van der Waals surface area contributed by atoms with Gasteiger partial charge in [-0.15, -0.1) is 0 Å². The Balaban J connectivity index is 2.02. The van der Waals surface area contributed by atoms with Gasteiger partial charge in [-0.25, -0.2) is 4.98 Å². The first kappa shape index (κ1) is 19.6. The number of aromatic nitrogens is 2. The Morgan fingerprint density at radius 1 is 1.07 bits per heavy atom. The molecule has 0 radical (unpaired) electrons. The molecule has 0 bridgehead atoms. The largest absolute Gasteiger partial charge is 0.346 e. The van der Waals surface area contributed by atoms with Gasteiger partial charge in [-0.3, -0.25) is 14.0 Å². The molecule has 146 valence electrons. The molecule has 6 nitrogen and oxygen atoms in total. The highest BCUT2D eigenvalue weighted by atomic mass is 16.2. The van der Waals surface area contributed by atoms with Crippen molar-refractivity contribution >= 4 is 23.0 Å². The van der Waals surface area contributed by atoms with Crippen molar-refractivity contribution in [3.8, 4) is 0 Å². The zero-order valence-corrected chi connectivity index (χ0v) is 17.0. The minimum absolute atomic E-state index is 0.181. The Bertz CT molecular complexity index is 1040. The first-order chi connectivity index (χ1) is 13.2. The summed E-state index contributed by atoms with van der Waals surface area (Å²) in [5.41, 5.74) is 3.26. The van der Waals surface area contributed by atoms with E-state index in [2.05, 4.69) is 15.6 Å². The van der Waals surface area contributed by atoms with Crippen LogP contribution in [0, 0.1) is 6.92 Å². The van der Waals surface area contributed by atoms with Crippen LogP contribution in [-0.2, 0) is 6.42 Å². The molecule has 2 aromatic heterocycles. The SMILES string of the molecule is CCc1cccc(C)c1NC(=O)c1nc(C(=O)NC(C)(C)C)c2ccccn12. The number of nitrogens with one attached hydrogen (secondary N) is 2. The standard InChI is InChI=1S/C22H26N4O2/c1-6-15-11-9-10-14(2)17(15)24-21(28)19-23-18(20(27)25-22(3,4)5)16-12-7-8-13-26(16)19/h7-13H,6H2,1-5H3,(H,24,28)(H,25,27). The van der Waals surface area contributed by atoms with Crippen molar-refractivity contribution in [2.24, 2.45) is 0 Å². The highest BCUT2D eigenvalue weighted by Crippen LogP contribution is 2.22. The van der Waals surface area contributed by atoms with Crippen LogP contribution in [0.15, 0.2) is 42.6 Å². The average molecular weight is 378 g/mol. The van der Waals surface area contributed by atoms with Gasteiger partial charge in [-0.1, -0.05) is 31.2 Å². The van der Waals surface area contributed by atoms with E-state index in [1.807, 2.05) is 65.0 Å². The molecule has 3 aromatic rings. The van der Waals surface area contributed by atoms with Gasteiger partial charge >= 0.3 is 0 Å². The lowest BCUT2D eigenvalue weighted by molar-refractivity contribution is 0.0916. The van der Waals surface area contributed by atoms with Crippen LogP contribution < -0.4 is 10.6 Å². The minimum Gasteiger partial charge on any atom is -0.346 e. The number of aryl methyl sites for hydroxylation is 2. The predicted molar refractivity (Wildman–Crippen MR) is 111 cm³/mol. The molecule has 2 amide bonds. The van der Waals surface area contributed by atoms with E-state index in [0.717, 1.165) is 23.2 Å². The van der Waals surface area contributed by atoms with Crippen molar-refractivity contribution in [1.82, 2.24) is 14.7 Å². The fourth-order valence-electron chi connectivity index (χ4n) is 3.14. The number of nitrogens with zero attached hydrogens (tertiary/aromatic N) is 2. The molecule has 3 rings (SSSR count). The molecule has 6 heteroatoms. The normalized spacial score (nSPS) is 11.5. The maximum atomic E-state index is 13.0. The monoisotopic (exact) mass is 378 g/mol. The van der Waals surface area contributed by atoms with E-state index in [1.54, 1.807) is 16.7 Å². The quantitative estimate of drug-likeness (QED) is 0.721. The fourth-order valence-corrected chi connectivity index (χ4v) is 3.14. The summed E-state index contributed by atoms with van der Waals surface area (Å²) in [4.78, 5) is 30.1. The number of hydrogen-bond donors (Lipinski definition) is 2. The van der Waals surface area contributed by atoms with Gasteiger partial charge in [-0.05, 0) is 57.4 Å². The molecule has 0 saturated carbocycles. The lowest BCUT2D eigenvalue weighted by atomic mass is 10.1. The number of para-hydroxylation sites is 1. The number of amides is 2. The average Bonchev–Trinajstić information content (AvgIpc) is 3.02. The highest BCUT2D eigenvalue weighted by molar-refractivity contribution is 6.06. The van der Waals surface area contributed by atoms with Crippen LogP contribution in [0.4, 0.5) is 5.69 Å². The lowest BCUT2D eigenvalue weighted by Crippen LogP contribution is -2.40. The Morgan fingerprint density at radius 3 is 2.50 bits per heavy atom. The van der Waals surface area contributed by atoms with Gasteiger partial charge in [0.25, 0.3) is 11.8 Å². The van der Waals surface area contributed by atoms with E-state index in [4.69, 9.17) is 0 Å². The van der Waals surface area contributed by atoms with Crippen molar-refractivity contribution in [3.63, 3.8) is 0 Å². The minimum atomic E-state index is -0.401. The molecule has 2 N–H and O–H groups in total. The number of fused-ring (bicyclic) bond motifs is 1. The molecule has 0 spiro atoms. The first-order valence-corrected chi connectivity index (χ1v) is 9.40. The number of rotatable bonds is 4. The van der Waals surface area contributed by atoms with Crippen LogP contribution in [0.1, 0.15) is 59.9 Å². The molecule has 1 aromatic carbocycles. The molecule has 0 aliphatic rings. The van der Waals surface area contributed by atoms with E-state index in [9.17, 15) is 9.59 Å². The van der Waals surface area contributed by atoms with E-state index in [0.29, 0.717) is 5.52 Å². The van der Waals surface area contributed by atoms with E-state index >= 15 is 0 Å². The van der Waals surface area contributed by atoms with Gasteiger partial charge in [0.05, 0.1) is 5.52 Å². The molecule has 0 fully saturated rings. The Kier molecular flexibility index (Phi) is 5.23. The smallest absolute Gasteiger partial charge is 0.292 e. The van der Waals surface area contributed by atoms with Crippen LogP contribution in [-0.4, -0.2) is 26.7 Å². The molecular weight excluding hydrogens is 352 g/mol. The molecule has 0 unspecified atom stereocenters. The molecule has 0 aliphatic heterocycles. The Hall–Kier alpha value is -3.15. The van der Waals surface area contributed by atoms with Crippen molar-refractivity contribution in [1.29, 1.82) is 0 Å². The summed E-state index contributed by atoms with van der Waals surface area (Å²) in [7, 11) is 0. The zero-order valence-electron chi connectivity index (χ0n) is 17.0. The molecule has 0 atom stereocenters. The molecular formula is C22H26N4O2. The second kappa shape index (κ2) is 7.46. The van der Waals surface area contributed by atoms with Crippen molar-refractivity contribution < 1.29 is 9.59 Å². The van der Waals surface area contributed by atoms with Crippen LogP contribution in [0.3, 0.4) is 0 Å². The maximum Gasteiger partial charge on any atom is 0.292 e. The van der Waals surface area contributed by atoms with E-state index in [-0.39, 0.29) is 23.3 Å². The van der Waals surface area contributed by atoms with Gasteiger partial charge in [0.15, 0.2) is 5.69 Å². The highest BCUT2D eigenvalue weighted by Gasteiger charge is 2.24. The number of benzene rings is 1. The summed E-state index contributed by atoms with van der Waals surface area (Å²) in [5.74, 6) is -0.472. The van der Waals surface area contributed by atoms with Gasteiger partial charge in [0.2, 0.25) is 5.82 Å². The fraction of sp³-hybridized carbons (Fsp3) is 0.318. The summed E-state index contributed by atoms with van der Waals surface area (Å²) < 4.78 is 1.65. The topological polar surface area (TPSA) is 75.5 Å². The van der Waals surface area contributed by atoms with Crippen molar-refractivity contribution in [3.05, 3.63) is 65.2 Å². The zero-order chi connectivity index (χ0) is 20.5. The number of imidazole rings is 1. The summed E-state index contributed by atoms with van der Waals surface area (Å²) in [6.07, 6.45) is 2.54. The van der Waals surface area contributed by atoms with Gasteiger partial charge in [-0.2, -0.15) is 0 Å². The number of carbonyl (C=O) groups excluding carboxylic acids is 2. The van der Waals surface area contributed by atoms with Crippen LogP contribution in [0.25, 0.3) is 5.52 Å². The summed E-state index contributed by atoms with van der Waals surface area (Å²) in [6, 6.07) is 11.3. The van der Waals surface area contributed by atoms with E-state index in [1.165, 1.54) is 0 Å². The van der Waals surface area contributed by atoms with Gasteiger partial charge in [0, 0.05) is 17.4 Å². The summed E-state index contributed by atoms with van der Waals surface area (Å²) in [6.45, 7) is 9.72. The third kappa shape index (κ3) is 3.91. The maximum absolute atomic E-state index is 13.0. The molecule has 2 heterocycles. The molecule has 28 heavy (non-hydrogen) atoms. The Labute approximate surface area is 165 Å². The van der Waals surface area contributed by atoms with Gasteiger partial charge in [0.1, 0.15) is 0 Å². The third-order valence-electron chi connectivity index (χ3n) is 4.43. The second-order valence-corrected chi connectivity index (χ2v) is 7.86. The summed E-state index contributed by atoms with van der Waals surface area (Å²) in [5, 5.41) is 5.90. The van der Waals surface area contributed by atoms with E-state index < -0.39 is 5.54 Å². The van der Waals surface area contributed by atoms with Gasteiger partial charge < -0.3 is 10.6 Å². The lowest BCUT2D eigenvalue weighted by Gasteiger charge is -2.19. The summed E-state index contributed by atoms with van der Waals surface area (Å²) >= 11 is 0. The number of pyridine rings is 1. The third-order valence-corrected chi connectivity index (χ3v) is 4.43. The van der Waals surface area contributed by atoms with Crippen LogP contribution in [0.5, 0.6) is 0 Å². The van der Waals surface area contributed by atoms with Crippen LogP contribution in [0.2, 0.25) is 0 Å². The molecule has 0 aliphatic carbocycles. The van der Waals surface area contributed by atoms with Crippen molar-refractivity contribution in [2.45, 2.75) is 46.6 Å². The predicted octanol–water partition coefficient (Wildman–Crippen LogP) is 3.99. The van der Waals surface area contributed by atoms with Crippen LogP contribution >= 0.6 is 0 Å². The number of anilines is 1. The number of carbonyl (C=O) groups is 2. The second-order valence-electron chi connectivity index (χ2n) is 7.86.